The molecule has 8 nitrogen and oxygen atoms in total. The number of nitrogens with zero attached hydrogens (tertiary/aromatic N) is 4. The summed E-state index contributed by atoms with van der Waals surface area (Å²) in [4.78, 5) is 26.4. The molecule has 2 atom stereocenters. The number of aryl methyl sites for hydroxylation is 1. The van der Waals surface area contributed by atoms with Crippen molar-refractivity contribution in [2.24, 2.45) is 5.92 Å². The predicted molar refractivity (Wildman–Crippen MR) is 117 cm³/mol. The van der Waals surface area contributed by atoms with Crippen molar-refractivity contribution >= 4 is 34.2 Å². The van der Waals surface area contributed by atoms with E-state index in [0.29, 0.717) is 41.9 Å². The smallest absolute Gasteiger partial charge is 0.246 e. The Labute approximate surface area is 178 Å². The van der Waals surface area contributed by atoms with Gasteiger partial charge in [-0.05, 0) is 18.1 Å². The van der Waals surface area contributed by atoms with Crippen LogP contribution in [0.5, 0.6) is 0 Å². The van der Waals surface area contributed by atoms with E-state index in [1.54, 1.807) is 4.90 Å². The monoisotopic (exact) mass is 429 g/mol. The highest BCUT2D eigenvalue weighted by Gasteiger charge is 2.31. The van der Waals surface area contributed by atoms with Gasteiger partial charge in [-0.3, -0.25) is 9.00 Å². The Bertz CT molecular complexity index is 953. The zero-order valence-corrected chi connectivity index (χ0v) is 18.1. The van der Waals surface area contributed by atoms with Gasteiger partial charge in [0.2, 0.25) is 11.9 Å². The minimum absolute atomic E-state index is 0.00921. The third-order valence-electron chi connectivity index (χ3n) is 5.57. The number of fused-ring (bicyclic) bond motifs is 1. The number of amides is 1. The van der Waals surface area contributed by atoms with Gasteiger partial charge in [0.05, 0.1) is 29.1 Å². The van der Waals surface area contributed by atoms with Crippen molar-refractivity contribution in [3.8, 4) is 0 Å². The molecule has 0 aliphatic carbocycles. The Balaban J connectivity index is 1.60. The fourth-order valence-electron chi connectivity index (χ4n) is 3.75. The largest absolute Gasteiger partial charge is 0.394 e. The Morgan fingerprint density at radius 3 is 2.63 bits per heavy atom. The van der Waals surface area contributed by atoms with Crippen LogP contribution >= 0.6 is 0 Å². The molecule has 2 aliphatic rings. The average molecular weight is 430 g/mol. The number of nitrogens with one attached hydrogen (secondary N) is 1. The topological polar surface area (TPSA) is 98.7 Å². The molecule has 30 heavy (non-hydrogen) atoms. The molecule has 0 saturated carbocycles. The van der Waals surface area contributed by atoms with Gasteiger partial charge < -0.3 is 20.2 Å². The van der Waals surface area contributed by atoms with Crippen molar-refractivity contribution in [3.63, 3.8) is 0 Å². The first kappa shape index (κ1) is 20.7. The maximum absolute atomic E-state index is 12.8. The Morgan fingerprint density at radius 1 is 1.20 bits per heavy atom. The molecule has 1 aromatic carbocycles. The van der Waals surface area contributed by atoms with Gasteiger partial charge in [0.25, 0.3) is 0 Å². The number of benzene rings is 1. The number of aliphatic hydroxyl groups excluding tert-OH is 1. The highest BCUT2D eigenvalue weighted by molar-refractivity contribution is 7.85. The third-order valence-corrected chi connectivity index (χ3v) is 7.03. The molecule has 3 heterocycles. The molecule has 1 fully saturated rings. The molecule has 1 saturated heterocycles. The van der Waals surface area contributed by atoms with Gasteiger partial charge in [-0.2, -0.15) is 4.98 Å². The number of aliphatic hydroxyl groups is 1. The maximum Gasteiger partial charge on any atom is 0.246 e. The number of carbonyl (C=O) groups excluding carboxylic acids is 1. The highest BCUT2D eigenvalue weighted by atomic mass is 32.2. The number of hydrogen-bond acceptors (Lipinski definition) is 7. The molecule has 1 aromatic heterocycles. The Hall–Kier alpha value is -2.52. The van der Waals surface area contributed by atoms with E-state index in [4.69, 9.17) is 0 Å². The Kier molecular flexibility index (Phi) is 6.01. The molecule has 2 N–H and O–H groups in total. The van der Waals surface area contributed by atoms with Crippen LogP contribution in [-0.4, -0.2) is 63.2 Å². The van der Waals surface area contributed by atoms with Gasteiger partial charge in [0.1, 0.15) is 17.3 Å². The summed E-state index contributed by atoms with van der Waals surface area (Å²) in [6.07, 6.45) is 0.621. The van der Waals surface area contributed by atoms with Crippen molar-refractivity contribution in [1.29, 1.82) is 0 Å². The van der Waals surface area contributed by atoms with Crippen molar-refractivity contribution in [2.45, 2.75) is 31.2 Å². The van der Waals surface area contributed by atoms with E-state index in [9.17, 15) is 14.1 Å². The fourth-order valence-corrected chi connectivity index (χ4v) is 5.06. The molecule has 1 unspecified atom stereocenters. The van der Waals surface area contributed by atoms with E-state index in [1.165, 1.54) is 0 Å². The van der Waals surface area contributed by atoms with E-state index in [0.717, 1.165) is 11.4 Å². The number of piperazine rings is 1. The summed E-state index contributed by atoms with van der Waals surface area (Å²) < 4.78 is 12.5. The number of anilines is 3. The second kappa shape index (κ2) is 8.69. The highest BCUT2D eigenvalue weighted by Crippen LogP contribution is 2.31. The molecule has 9 heteroatoms. The number of carbonyl (C=O) groups is 1. The maximum atomic E-state index is 12.8. The summed E-state index contributed by atoms with van der Waals surface area (Å²) in [7, 11) is -1.15. The third kappa shape index (κ3) is 4.04. The van der Waals surface area contributed by atoms with Crippen LogP contribution in [0.15, 0.2) is 35.2 Å². The molecular formula is C21H27N5O3S. The van der Waals surface area contributed by atoms with E-state index in [1.807, 2.05) is 49.1 Å². The van der Waals surface area contributed by atoms with Crippen molar-refractivity contribution in [2.75, 3.05) is 47.1 Å². The van der Waals surface area contributed by atoms with Crippen LogP contribution in [0.3, 0.4) is 0 Å². The van der Waals surface area contributed by atoms with E-state index in [2.05, 4.69) is 15.3 Å². The summed E-state index contributed by atoms with van der Waals surface area (Å²) in [5.74, 6) is 1.67. The summed E-state index contributed by atoms with van der Waals surface area (Å²) in [6, 6.07) is 9.42. The van der Waals surface area contributed by atoms with Crippen LogP contribution < -0.4 is 15.1 Å². The molecule has 2 aromatic rings. The van der Waals surface area contributed by atoms with E-state index in [-0.39, 0.29) is 31.0 Å². The first-order valence-electron chi connectivity index (χ1n) is 10.2. The number of para-hydroxylation sites is 1. The summed E-state index contributed by atoms with van der Waals surface area (Å²) >= 11 is 0. The van der Waals surface area contributed by atoms with Crippen LogP contribution in [0.4, 0.5) is 17.5 Å². The number of aromatic nitrogens is 2. The van der Waals surface area contributed by atoms with Gasteiger partial charge >= 0.3 is 0 Å². The van der Waals surface area contributed by atoms with Crippen LogP contribution in [0, 0.1) is 5.92 Å². The predicted octanol–water partition coefficient (Wildman–Crippen LogP) is 1.42. The lowest BCUT2D eigenvalue weighted by Crippen LogP contribution is -2.51. The van der Waals surface area contributed by atoms with Crippen molar-refractivity contribution in [3.05, 3.63) is 36.0 Å². The molecule has 1 amide bonds. The summed E-state index contributed by atoms with van der Waals surface area (Å²) in [6.45, 7) is 5.30. The molecule has 0 spiro atoms. The standard InChI is InChI=1S/C21H27N5O3S/c1-14(2)17(13-27)22-20-19-16(8-11-30(19)29)23-21(24-20)25-9-10-26(18(28)12-25)15-6-4-3-5-7-15/h3-7,14,17,27H,8-13H2,1-2H3,(H,22,23,24)/t17-,30?/m0/s1. The SMILES string of the molecule is CC(C)[C@H](CO)Nc1nc(N2CCN(c3ccccc3)C(=O)C2)nc2c1S(=O)CC2. The zero-order chi connectivity index (χ0) is 21.3. The fraction of sp³-hybridized carbons (Fsp3) is 0.476. The summed E-state index contributed by atoms with van der Waals surface area (Å²) in [5, 5.41) is 13.0. The van der Waals surface area contributed by atoms with Gasteiger partial charge in [0.15, 0.2) is 0 Å². The van der Waals surface area contributed by atoms with E-state index >= 15 is 0 Å². The van der Waals surface area contributed by atoms with Crippen LogP contribution in [-0.2, 0) is 22.0 Å². The lowest BCUT2D eigenvalue weighted by molar-refractivity contribution is -0.117. The second-order valence-electron chi connectivity index (χ2n) is 7.93. The lowest BCUT2D eigenvalue weighted by Gasteiger charge is -2.34. The van der Waals surface area contributed by atoms with Crippen LogP contribution in [0.2, 0.25) is 0 Å². The summed E-state index contributed by atoms with van der Waals surface area (Å²) in [5.41, 5.74) is 1.65. The quantitative estimate of drug-likeness (QED) is 0.717. The van der Waals surface area contributed by atoms with Gasteiger partial charge in [-0.25, -0.2) is 4.98 Å². The molecular weight excluding hydrogens is 402 g/mol. The van der Waals surface area contributed by atoms with Gasteiger partial charge in [-0.1, -0.05) is 32.0 Å². The van der Waals surface area contributed by atoms with Crippen molar-refractivity contribution < 1.29 is 14.1 Å². The molecule has 160 valence electrons. The van der Waals surface area contributed by atoms with Gasteiger partial charge in [-0.15, -0.1) is 0 Å². The second-order valence-corrected chi connectivity index (χ2v) is 9.44. The molecule has 0 bridgehead atoms. The normalized spacial score (nSPS) is 19.9. The van der Waals surface area contributed by atoms with E-state index < -0.39 is 10.8 Å². The number of hydrogen-bond donors (Lipinski definition) is 2. The minimum Gasteiger partial charge on any atom is -0.394 e. The molecule has 0 radical (unpaired) electrons. The van der Waals surface area contributed by atoms with Crippen molar-refractivity contribution in [1.82, 2.24) is 9.97 Å². The first-order valence-corrected chi connectivity index (χ1v) is 11.6. The van der Waals surface area contributed by atoms with Crippen LogP contribution in [0.1, 0.15) is 19.5 Å². The zero-order valence-electron chi connectivity index (χ0n) is 17.2. The molecule has 4 rings (SSSR count). The lowest BCUT2D eigenvalue weighted by atomic mass is 10.1. The first-order chi connectivity index (χ1) is 14.5. The minimum atomic E-state index is -1.15. The Morgan fingerprint density at radius 2 is 1.97 bits per heavy atom. The molecule has 2 aliphatic heterocycles. The van der Waals surface area contributed by atoms with Crippen LogP contribution in [0.25, 0.3) is 0 Å². The van der Waals surface area contributed by atoms with Gasteiger partial charge in [0, 0.05) is 31.0 Å². The number of rotatable bonds is 6. The average Bonchev–Trinajstić information content (AvgIpc) is 3.13.